The average Bonchev–Trinajstić information content (AvgIpc) is 3.62. The number of amides is 2. The smallest absolute Gasteiger partial charge is 0.341 e. The average molecular weight is 590 g/mol. The third-order valence-electron chi connectivity index (χ3n) is 8.29. The minimum Gasteiger partial charge on any atom is -0.376 e. The highest BCUT2D eigenvalue weighted by atomic mass is 19.1. The van der Waals surface area contributed by atoms with Crippen LogP contribution in [-0.4, -0.2) is 80.8 Å². The number of rotatable bonds is 5. The van der Waals surface area contributed by atoms with Crippen molar-refractivity contribution >= 4 is 18.2 Å². The highest BCUT2D eigenvalue weighted by molar-refractivity contribution is 5.79. The molecule has 2 saturated heterocycles. The molecule has 13 heteroatoms. The monoisotopic (exact) mass is 589 g/mol. The Bertz CT molecular complexity index is 1590. The van der Waals surface area contributed by atoms with Gasteiger partial charge in [-0.1, -0.05) is 0 Å². The molecule has 3 aliphatic heterocycles. The molecule has 3 aromatic rings. The summed E-state index contributed by atoms with van der Waals surface area (Å²) in [5.74, 6) is -0.671. The fourth-order valence-electron chi connectivity index (χ4n) is 6.03. The molecule has 2 atom stereocenters. The molecule has 1 unspecified atom stereocenters. The summed E-state index contributed by atoms with van der Waals surface area (Å²) in [5.41, 5.74) is 3.08. The van der Waals surface area contributed by atoms with Gasteiger partial charge in [0.1, 0.15) is 11.5 Å². The third kappa shape index (κ3) is 5.79. The number of carbonyl (C=O) groups excluding carboxylic acids is 1. The van der Waals surface area contributed by atoms with Gasteiger partial charge in [-0.2, -0.15) is 15.5 Å². The second-order valence-electron chi connectivity index (χ2n) is 11.1. The Morgan fingerprint density at radius 1 is 1.14 bits per heavy atom. The highest BCUT2D eigenvalue weighted by Gasteiger charge is 2.34. The van der Waals surface area contributed by atoms with Crippen LogP contribution in [0, 0.1) is 36.8 Å². The Labute approximate surface area is 248 Å². The maximum atomic E-state index is 15.1. The first-order valence-electron chi connectivity index (χ1n) is 14.6. The van der Waals surface area contributed by atoms with Gasteiger partial charge in [0.2, 0.25) is 5.95 Å². The summed E-state index contributed by atoms with van der Waals surface area (Å²) in [7, 11) is 0. The zero-order valence-electron chi connectivity index (χ0n) is 24.2. The van der Waals surface area contributed by atoms with Gasteiger partial charge in [0.25, 0.3) is 0 Å². The van der Waals surface area contributed by atoms with Gasteiger partial charge in [-0.15, -0.1) is 0 Å². The Hall–Kier alpha value is -4.44. The first kappa shape index (κ1) is 28.7. The van der Waals surface area contributed by atoms with Gasteiger partial charge in [-0.25, -0.2) is 28.6 Å². The topological polar surface area (TPSA) is 116 Å². The quantitative estimate of drug-likeness (QED) is 0.435. The van der Waals surface area contributed by atoms with E-state index >= 15 is 4.39 Å². The molecule has 0 aliphatic carbocycles. The molecule has 0 N–H and O–H groups in total. The SMILES string of the molecule is Cc1nn(CC2CCCCO2)c(C)c1-c1nc(N2CCN(C(=O)N3N=CC[C@H]3c3cc(F)cc(C#N)c3)CC2)ncc1F. The molecule has 6 rings (SSSR count). The number of aromatic nitrogens is 4. The summed E-state index contributed by atoms with van der Waals surface area (Å²) in [6.45, 7) is 6.76. The summed E-state index contributed by atoms with van der Waals surface area (Å²) >= 11 is 0. The number of hydrazone groups is 1. The van der Waals surface area contributed by atoms with Crippen molar-refractivity contribution in [2.75, 3.05) is 37.7 Å². The summed E-state index contributed by atoms with van der Waals surface area (Å²) in [6.07, 6.45) is 6.51. The maximum absolute atomic E-state index is 15.1. The molecule has 0 saturated carbocycles. The predicted molar refractivity (Wildman–Crippen MR) is 154 cm³/mol. The molecule has 3 aliphatic rings. The van der Waals surface area contributed by atoms with E-state index in [0.717, 1.165) is 37.6 Å². The Morgan fingerprint density at radius 2 is 1.95 bits per heavy atom. The molecule has 2 amide bonds. The number of halogens is 2. The molecule has 43 heavy (non-hydrogen) atoms. The number of nitriles is 1. The van der Waals surface area contributed by atoms with Gasteiger partial charge in [-0.05, 0) is 56.9 Å². The van der Waals surface area contributed by atoms with Crippen LogP contribution >= 0.6 is 0 Å². The number of ether oxygens (including phenoxy) is 1. The molecule has 224 valence electrons. The number of nitrogens with zero attached hydrogens (tertiary/aromatic N) is 9. The van der Waals surface area contributed by atoms with Crippen molar-refractivity contribution in [3.63, 3.8) is 0 Å². The maximum Gasteiger partial charge on any atom is 0.341 e. The van der Waals surface area contributed by atoms with Crippen molar-refractivity contribution in [2.24, 2.45) is 5.10 Å². The van der Waals surface area contributed by atoms with Crippen LogP contribution in [0.2, 0.25) is 0 Å². The molecular weight excluding hydrogens is 556 g/mol. The zero-order chi connectivity index (χ0) is 30.1. The Morgan fingerprint density at radius 3 is 2.70 bits per heavy atom. The van der Waals surface area contributed by atoms with Gasteiger partial charge in [0.05, 0.1) is 42.2 Å². The second kappa shape index (κ2) is 12.0. The van der Waals surface area contributed by atoms with E-state index in [4.69, 9.17) is 4.74 Å². The van der Waals surface area contributed by atoms with E-state index in [-0.39, 0.29) is 23.4 Å². The van der Waals surface area contributed by atoms with Crippen LogP contribution in [0.25, 0.3) is 11.3 Å². The van der Waals surface area contributed by atoms with Crippen LogP contribution in [0.3, 0.4) is 0 Å². The Kier molecular flexibility index (Phi) is 8.03. The number of aryl methyl sites for hydroxylation is 1. The molecule has 2 fully saturated rings. The number of hydrogen-bond donors (Lipinski definition) is 0. The first-order valence-corrected chi connectivity index (χ1v) is 14.6. The number of anilines is 1. The molecule has 11 nitrogen and oxygen atoms in total. The largest absolute Gasteiger partial charge is 0.376 e. The molecule has 2 aromatic heterocycles. The van der Waals surface area contributed by atoms with Gasteiger partial charge in [0.15, 0.2) is 5.82 Å². The molecule has 0 bridgehead atoms. The molecular formula is C30H33F2N9O2. The van der Waals surface area contributed by atoms with Crippen molar-refractivity contribution in [1.82, 2.24) is 29.7 Å². The van der Waals surface area contributed by atoms with E-state index in [2.05, 4.69) is 20.2 Å². The normalized spacial score (nSPS) is 20.5. The minimum atomic E-state index is -0.531. The fourth-order valence-corrected chi connectivity index (χ4v) is 6.03. The van der Waals surface area contributed by atoms with Gasteiger partial charge < -0.3 is 14.5 Å². The van der Waals surface area contributed by atoms with E-state index in [1.54, 1.807) is 17.2 Å². The highest BCUT2D eigenvalue weighted by Crippen LogP contribution is 2.32. The summed E-state index contributed by atoms with van der Waals surface area (Å²) in [5, 5.41) is 19.5. The molecule has 0 radical (unpaired) electrons. The number of hydrogen-bond acceptors (Lipinski definition) is 8. The van der Waals surface area contributed by atoms with Crippen LogP contribution < -0.4 is 4.90 Å². The minimum absolute atomic E-state index is 0.0924. The predicted octanol–water partition coefficient (Wildman–Crippen LogP) is 4.35. The zero-order valence-corrected chi connectivity index (χ0v) is 24.2. The van der Waals surface area contributed by atoms with Crippen molar-refractivity contribution < 1.29 is 18.3 Å². The van der Waals surface area contributed by atoms with E-state index in [1.807, 2.05) is 29.5 Å². The first-order chi connectivity index (χ1) is 20.8. The van der Waals surface area contributed by atoms with E-state index < -0.39 is 17.7 Å². The number of benzene rings is 1. The number of piperazine rings is 1. The number of carbonyl (C=O) groups is 1. The number of urea groups is 1. The molecule has 1 aromatic carbocycles. The lowest BCUT2D eigenvalue weighted by atomic mass is 10.0. The lowest BCUT2D eigenvalue weighted by molar-refractivity contribution is 0.00362. The summed E-state index contributed by atoms with van der Waals surface area (Å²) in [4.78, 5) is 25.9. The van der Waals surface area contributed by atoms with E-state index in [0.29, 0.717) is 61.9 Å². The van der Waals surface area contributed by atoms with Crippen molar-refractivity contribution in [3.05, 3.63) is 58.5 Å². The van der Waals surface area contributed by atoms with E-state index in [9.17, 15) is 14.4 Å². The summed E-state index contributed by atoms with van der Waals surface area (Å²) < 4.78 is 37.0. The molecule has 5 heterocycles. The fraction of sp³-hybridized carbons (Fsp3) is 0.467. The van der Waals surface area contributed by atoms with Crippen molar-refractivity contribution in [3.8, 4) is 17.3 Å². The second-order valence-corrected chi connectivity index (χ2v) is 11.1. The Balaban J connectivity index is 1.14. The van der Waals surface area contributed by atoms with Crippen molar-refractivity contribution in [1.29, 1.82) is 5.26 Å². The van der Waals surface area contributed by atoms with Crippen LogP contribution in [0.15, 0.2) is 29.5 Å². The standard InChI is InChI=1S/C30H33F2N9O2/c1-19-27(20(2)40(37-19)18-24-5-3-4-12-43-24)28-25(32)17-34-29(36-28)38-8-10-39(11-9-38)30(42)41-26(6-7-35-41)22-13-21(16-33)14-23(31)15-22/h7,13-15,17,24,26H,3-6,8-12,18H2,1-2H3/t24?,26-/m0/s1. The van der Waals surface area contributed by atoms with Crippen molar-refractivity contribution in [2.45, 2.75) is 58.2 Å². The van der Waals surface area contributed by atoms with Crippen LogP contribution in [-0.2, 0) is 11.3 Å². The van der Waals surface area contributed by atoms with Gasteiger partial charge in [0, 0.05) is 56.7 Å². The third-order valence-corrected chi connectivity index (χ3v) is 8.29. The van der Waals surface area contributed by atoms with Gasteiger partial charge >= 0.3 is 6.03 Å². The van der Waals surface area contributed by atoms with Crippen LogP contribution in [0.1, 0.15) is 54.2 Å². The molecule has 0 spiro atoms. The summed E-state index contributed by atoms with van der Waals surface area (Å²) in [6, 6.07) is 5.24. The van der Waals surface area contributed by atoms with Crippen LogP contribution in [0.4, 0.5) is 19.5 Å². The van der Waals surface area contributed by atoms with Gasteiger partial charge in [-0.3, -0.25) is 4.68 Å². The van der Waals surface area contributed by atoms with Crippen LogP contribution in [0.5, 0.6) is 0 Å². The van der Waals surface area contributed by atoms with E-state index in [1.165, 1.54) is 17.3 Å². The lowest BCUT2D eigenvalue weighted by Crippen LogP contribution is -2.52. The lowest BCUT2D eigenvalue weighted by Gasteiger charge is -2.37.